The van der Waals surface area contributed by atoms with Crippen molar-refractivity contribution in [2.75, 3.05) is 14.2 Å². The lowest BCUT2D eigenvalue weighted by atomic mass is 9.77. The van der Waals surface area contributed by atoms with Crippen LogP contribution >= 0.6 is 0 Å². The maximum Gasteiger partial charge on any atom is 0.204 e. The van der Waals surface area contributed by atoms with Gasteiger partial charge in [0.2, 0.25) is 11.5 Å². The van der Waals surface area contributed by atoms with Crippen LogP contribution in [0.3, 0.4) is 0 Å². The van der Waals surface area contributed by atoms with Gasteiger partial charge in [-0.25, -0.2) is 0 Å². The first-order valence-corrected chi connectivity index (χ1v) is 10.5. The van der Waals surface area contributed by atoms with Crippen LogP contribution in [0.15, 0.2) is 47.0 Å². The van der Waals surface area contributed by atoms with Crippen molar-refractivity contribution in [1.82, 2.24) is 0 Å². The highest BCUT2D eigenvalue weighted by molar-refractivity contribution is 5.97. The predicted octanol–water partition coefficient (Wildman–Crippen LogP) is 21.0. The molecule has 0 bridgehead atoms. The molecule has 4 nitrogen and oxygen atoms in total. The minimum atomic E-state index is -0.830. The summed E-state index contributed by atoms with van der Waals surface area (Å²) in [6.45, 7) is 12.7. The molecular formula is C49H136O4. The quantitative estimate of drug-likeness (QED) is 0.236. The highest BCUT2D eigenvalue weighted by Crippen LogP contribution is 2.35. The molecule has 1 N–H and O–H groups in total. The van der Waals surface area contributed by atoms with Crippen LogP contribution in [0.2, 0.25) is 0 Å². The van der Waals surface area contributed by atoms with Crippen molar-refractivity contribution >= 4 is 5.78 Å². The van der Waals surface area contributed by atoms with Crippen LogP contribution in [0.5, 0.6) is 0 Å². The molecule has 0 spiro atoms. The van der Waals surface area contributed by atoms with Gasteiger partial charge in [-0.2, -0.15) is 0 Å². The highest BCUT2D eigenvalue weighted by Gasteiger charge is 2.42. The Morgan fingerprint density at radius 3 is 1.28 bits per heavy atom. The first kappa shape index (κ1) is 174. The van der Waals surface area contributed by atoms with E-state index in [4.69, 9.17) is 9.47 Å². The third-order valence-corrected chi connectivity index (χ3v) is 5.43. The van der Waals surface area contributed by atoms with Crippen LogP contribution < -0.4 is 0 Å². The van der Waals surface area contributed by atoms with Crippen LogP contribution in [0.4, 0.5) is 0 Å². The van der Waals surface area contributed by atoms with Gasteiger partial charge in [-0.1, -0.05) is 241 Å². The van der Waals surface area contributed by atoms with Gasteiger partial charge in [0.1, 0.15) is 6.10 Å². The van der Waals surface area contributed by atoms with E-state index in [0.717, 1.165) is 19.3 Å². The number of methoxy groups -OCH3 is 2. The first-order chi connectivity index (χ1) is 13.5. The number of rotatable bonds is 9. The smallest absolute Gasteiger partial charge is 0.204 e. The van der Waals surface area contributed by atoms with E-state index in [1.807, 2.05) is 6.92 Å². The molecule has 1 rings (SSSR count). The Kier molecular flexibility index (Phi) is 274. The van der Waals surface area contributed by atoms with Crippen LogP contribution in [0, 0.1) is 17.3 Å². The van der Waals surface area contributed by atoms with E-state index in [9.17, 15) is 9.90 Å². The van der Waals surface area contributed by atoms with Crippen molar-refractivity contribution < 1.29 is 19.4 Å². The van der Waals surface area contributed by atoms with E-state index in [0.29, 0.717) is 6.42 Å². The summed E-state index contributed by atoms with van der Waals surface area (Å²) < 4.78 is 10.4. The molecular weight excluding hydrogens is 653 g/mol. The average Bonchev–Trinajstić information content (AvgIpc) is 2.63. The fourth-order valence-electron chi connectivity index (χ4n) is 3.54. The Balaban J connectivity index is -0.0000000159. The fourth-order valence-corrected chi connectivity index (χ4v) is 3.54. The second-order valence-corrected chi connectivity index (χ2v) is 9.21. The molecule has 0 aliphatic heterocycles. The fraction of sp³-hybridized carbons (Fsp3) is 0.816. The third kappa shape index (κ3) is 59.7. The summed E-state index contributed by atoms with van der Waals surface area (Å²) in [6.07, 6.45) is 11.7. The lowest BCUT2D eigenvalue weighted by molar-refractivity contribution is -0.128. The number of Topliss-reactive ketones (excluding diaryl/α,β-unsaturated/α-hetero) is 1. The molecule has 53 heavy (non-hydrogen) atoms. The van der Waals surface area contributed by atoms with E-state index in [-0.39, 0.29) is 213 Å². The van der Waals surface area contributed by atoms with Crippen molar-refractivity contribution in [1.29, 1.82) is 0 Å². The Morgan fingerprint density at radius 2 is 0.981 bits per heavy atom. The first-order valence-electron chi connectivity index (χ1n) is 10.5. The molecule has 0 aromatic carbocycles. The molecule has 0 aromatic heterocycles. The van der Waals surface area contributed by atoms with Crippen molar-refractivity contribution in [2.24, 2.45) is 17.3 Å². The Hall–Kier alpha value is -1.81. The molecule has 0 aromatic rings. The molecule has 1 aliphatic rings. The number of ketones is 1. The molecule has 0 radical (unpaired) electrons. The van der Waals surface area contributed by atoms with E-state index < -0.39 is 6.10 Å². The van der Waals surface area contributed by atoms with Crippen molar-refractivity contribution in [3.63, 3.8) is 0 Å². The van der Waals surface area contributed by atoms with Gasteiger partial charge in [0.25, 0.3) is 0 Å². The van der Waals surface area contributed by atoms with E-state index in [2.05, 4.69) is 58.9 Å². The number of carbonyl (C=O) groups excluding carboxylic acids is 1. The van der Waals surface area contributed by atoms with Gasteiger partial charge in [0.05, 0.1) is 14.2 Å². The summed E-state index contributed by atoms with van der Waals surface area (Å²) in [7, 11) is 2.90. The van der Waals surface area contributed by atoms with Crippen LogP contribution in [0.25, 0.3) is 0 Å². The van der Waals surface area contributed by atoms with Gasteiger partial charge < -0.3 is 14.6 Å². The van der Waals surface area contributed by atoms with Gasteiger partial charge in [0, 0.05) is 11.8 Å². The van der Waals surface area contributed by atoms with E-state index in [1.165, 1.54) is 25.4 Å². The number of aliphatic hydroxyl groups excluding tert-OH is 1. The topological polar surface area (TPSA) is 55.8 Å². The predicted molar refractivity (Wildman–Crippen MR) is 281 cm³/mol. The number of carbonyl (C=O) groups is 1. The second-order valence-electron chi connectivity index (χ2n) is 9.21. The Labute approximate surface area is 354 Å². The highest BCUT2D eigenvalue weighted by atomic mass is 16.5. The van der Waals surface area contributed by atoms with Crippen LogP contribution in [-0.4, -0.2) is 31.2 Å². The summed E-state index contributed by atoms with van der Waals surface area (Å²) in [5.41, 5.74) is 2.87. The maximum atomic E-state index is 12.5. The molecule has 0 saturated heterocycles. The van der Waals surface area contributed by atoms with Gasteiger partial charge in [-0.15, -0.1) is 0 Å². The number of allylic oxidation sites excluding steroid dienone is 7. The molecule has 0 heterocycles. The number of hydrogen-bond acceptors (Lipinski definition) is 4. The summed E-state index contributed by atoms with van der Waals surface area (Å²) in [5, 5.41) is 10.7. The standard InChI is InChI=1S/C25H40O4.24CH4/c1-17(13-10-16-25(4,5)6)11-9-12-18(2)14-15-20-19(3)21(26)23(28-7)24(29-8)22(20)27;;;;;;;;;;;;;;;;;;;;;;;;/h10-11,14,16,19-20,22,27H,9,12-13,15H2,1-8H3;24*1H4/b16-10+,17-11+,18-14+;;;;;;;;;;;;;;;;;;;;;;;;/t19-,20-,22-;;;;;;;;;;;;;;;;;;;;;;;;/m1......................../s1. The van der Waals surface area contributed by atoms with Crippen LogP contribution in [0.1, 0.15) is 245 Å². The monoisotopic (exact) mass is 789 g/mol. The zero-order chi connectivity index (χ0) is 22.2. The summed E-state index contributed by atoms with van der Waals surface area (Å²) >= 11 is 0. The van der Waals surface area contributed by atoms with E-state index in [1.54, 1.807) is 0 Å². The molecule has 4 heteroatoms. The molecule has 0 saturated carbocycles. The van der Waals surface area contributed by atoms with Crippen molar-refractivity contribution in [3.8, 4) is 0 Å². The van der Waals surface area contributed by atoms with Crippen molar-refractivity contribution in [3.05, 3.63) is 47.0 Å². The lowest BCUT2D eigenvalue weighted by Crippen LogP contribution is -2.40. The Bertz CT molecular complexity index is 677. The zero-order valence-electron chi connectivity index (χ0n) is 19.5. The van der Waals surface area contributed by atoms with Gasteiger partial charge >= 0.3 is 0 Å². The average molecular weight is 790 g/mol. The van der Waals surface area contributed by atoms with Crippen LogP contribution in [-0.2, 0) is 14.3 Å². The number of hydrogen-bond donors (Lipinski definition) is 1. The number of aliphatic hydroxyl groups is 1. The molecule has 0 amide bonds. The van der Waals surface area contributed by atoms with Gasteiger partial charge in [0.15, 0.2) is 5.76 Å². The summed E-state index contributed by atoms with van der Waals surface area (Å²) in [5.74, 6) is -0.225. The Morgan fingerprint density at radius 1 is 0.623 bits per heavy atom. The third-order valence-electron chi connectivity index (χ3n) is 5.43. The van der Waals surface area contributed by atoms with E-state index >= 15 is 0 Å². The summed E-state index contributed by atoms with van der Waals surface area (Å²) in [6, 6.07) is 0. The molecule has 0 unspecified atom stereocenters. The largest absolute Gasteiger partial charge is 0.494 e. The lowest BCUT2D eigenvalue weighted by Gasteiger charge is -2.33. The maximum absolute atomic E-state index is 12.5. The summed E-state index contributed by atoms with van der Waals surface area (Å²) in [4.78, 5) is 12.5. The molecule has 356 valence electrons. The minimum absolute atomic E-state index is 0. The SMILES string of the molecule is C.C.C.C.C.C.C.C.C.C.C.C.C.C.C.C.C.C.C.C.C.C.C.C.COC1=C(OC)[C@H](O)[C@H](C/C=C(\C)CC/C=C(\C)C/C=C/C(C)(C)C)[C@@H](C)C1=O. The molecule has 0 fully saturated rings. The minimum Gasteiger partial charge on any atom is -0.494 e. The zero-order valence-corrected chi connectivity index (χ0v) is 19.5. The van der Waals surface area contributed by atoms with Crippen molar-refractivity contribution in [2.45, 2.75) is 252 Å². The molecule has 1 aliphatic carbocycles. The molecule has 3 atom stereocenters. The normalized spacial score (nSPS) is 13.4. The van der Waals surface area contributed by atoms with Gasteiger partial charge in [-0.05, 0) is 44.9 Å². The number of ether oxygens (including phenoxy) is 2. The van der Waals surface area contributed by atoms with Gasteiger partial charge in [-0.3, -0.25) is 4.79 Å². The second kappa shape index (κ2) is 83.3.